The number of nitrogens with one attached hydrogen (secondary N) is 1. The summed E-state index contributed by atoms with van der Waals surface area (Å²) in [5, 5.41) is 12.5. The van der Waals surface area contributed by atoms with Gasteiger partial charge in [0.05, 0.1) is 16.6 Å². The van der Waals surface area contributed by atoms with E-state index in [-0.39, 0.29) is 18.2 Å². The Hall–Kier alpha value is -1.99. The van der Waals surface area contributed by atoms with Gasteiger partial charge in [-0.15, -0.1) is 10.2 Å². The lowest BCUT2D eigenvalue weighted by Gasteiger charge is -2.17. The second-order valence-electron chi connectivity index (χ2n) is 5.20. The van der Waals surface area contributed by atoms with Gasteiger partial charge in [-0.3, -0.25) is 9.59 Å². The van der Waals surface area contributed by atoms with Crippen LogP contribution in [0.25, 0.3) is 0 Å². The number of aromatic nitrogens is 2. The zero-order chi connectivity index (χ0) is 16.4. The Kier molecular flexibility index (Phi) is 4.58. The first-order chi connectivity index (χ1) is 11.1. The van der Waals surface area contributed by atoms with Crippen LogP contribution in [0.15, 0.2) is 24.3 Å². The van der Waals surface area contributed by atoms with Crippen molar-refractivity contribution < 1.29 is 9.59 Å². The maximum absolute atomic E-state index is 12.3. The summed E-state index contributed by atoms with van der Waals surface area (Å²) in [5.41, 5.74) is 0.638. The van der Waals surface area contributed by atoms with Crippen molar-refractivity contribution in [3.05, 3.63) is 34.3 Å². The van der Waals surface area contributed by atoms with Crippen molar-refractivity contribution >= 4 is 45.6 Å². The van der Waals surface area contributed by atoms with Crippen LogP contribution >= 0.6 is 22.9 Å². The third-order valence-corrected chi connectivity index (χ3v) is 4.94. The Morgan fingerprint density at radius 3 is 2.91 bits per heavy atom. The monoisotopic (exact) mass is 350 g/mol. The Morgan fingerprint density at radius 1 is 1.43 bits per heavy atom. The Labute approximate surface area is 142 Å². The molecule has 1 aromatic heterocycles. The van der Waals surface area contributed by atoms with E-state index in [0.29, 0.717) is 22.4 Å². The Balaban J connectivity index is 1.69. The zero-order valence-electron chi connectivity index (χ0n) is 12.5. The number of aryl methyl sites for hydroxylation is 1. The van der Waals surface area contributed by atoms with Gasteiger partial charge in [-0.1, -0.05) is 42.0 Å². The molecule has 120 valence electrons. The minimum absolute atomic E-state index is 0.107. The highest BCUT2D eigenvalue weighted by atomic mass is 35.5. The molecule has 8 heteroatoms. The number of para-hydroxylation sites is 1. The number of rotatable bonds is 4. The first-order valence-corrected chi connectivity index (χ1v) is 8.46. The average molecular weight is 351 g/mol. The van der Waals surface area contributed by atoms with E-state index in [9.17, 15) is 9.59 Å². The molecule has 1 N–H and O–H groups in total. The van der Waals surface area contributed by atoms with Gasteiger partial charge in [0.15, 0.2) is 0 Å². The molecule has 0 spiro atoms. The second-order valence-corrected chi connectivity index (χ2v) is 6.67. The van der Waals surface area contributed by atoms with Crippen LogP contribution in [0.4, 0.5) is 10.8 Å². The highest BCUT2D eigenvalue weighted by Gasteiger charge is 2.36. The molecule has 2 heterocycles. The third kappa shape index (κ3) is 3.35. The molecule has 0 radical (unpaired) electrons. The molecular formula is C15H15ClN4O2S. The van der Waals surface area contributed by atoms with Gasteiger partial charge < -0.3 is 10.2 Å². The van der Waals surface area contributed by atoms with Gasteiger partial charge in [-0.05, 0) is 18.6 Å². The van der Waals surface area contributed by atoms with Gasteiger partial charge in [-0.25, -0.2) is 0 Å². The van der Waals surface area contributed by atoms with Gasteiger partial charge in [0.1, 0.15) is 5.01 Å². The number of carbonyl (C=O) groups excluding carboxylic acids is 2. The van der Waals surface area contributed by atoms with Crippen molar-refractivity contribution in [2.24, 2.45) is 5.92 Å². The molecule has 1 aromatic carbocycles. The van der Waals surface area contributed by atoms with E-state index in [4.69, 9.17) is 11.6 Å². The van der Waals surface area contributed by atoms with Crippen LogP contribution in [0, 0.1) is 5.92 Å². The zero-order valence-corrected chi connectivity index (χ0v) is 14.0. The summed E-state index contributed by atoms with van der Waals surface area (Å²) in [7, 11) is 0. The summed E-state index contributed by atoms with van der Waals surface area (Å²) in [5.74, 6) is -0.746. The molecule has 23 heavy (non-hydrogen) atoms. The van der Waals surface area contributed by atoms with Crippen LogP contribution in [-0.2, 0) is 16.0 Å². The molecule has 2 aromatic rings. The number of benzene rings is 1. The van der Waals surface area contributed by atoms with Crippen LogP contribution in [0.3, 0.4) is 0 Å². The summed E-state index contributed by atoms with van der Waals surface area (Å²) in [4.78, 5) is 26.1. The summed E-state index contributed by atoms with van der Waals surface area (Å²) in [6.07, 6.45) is 0.937. The van der Waals surface area contributed by atoms with Crippen molar-refractivity contribution in [2.45, 2.75) is 19.8 Å². The lowest BCUT2D eigenvalue weighted by atomic mass is 10.1. The van der Waals surface area contributed by atoms with E-state index in [0.717, 1.165) is 11.4 Å². The van der Waals surface area contributed by atoms with Gasteiger partial charge in [-0.2, -0.15) is 0 Å². The van der Waals surface area contributed by atoms with E-state index in [1.165, 1.54) is 11.3 Å². The molecule has 0 aliphatic carbocycles. The largest absolute Gasteiger partial charge is 0.310 e. The summed E-state index contributed by atoms with van der Waals surface area (Å²) in [6, 6.07) is 7.12. The van der Waals surface area contributed by atoms with Crippen molar-refractivity contribution in [1.82, 2.24) is 10.2 Å². The summed E-state index contributed by atoms with van der Waals surface area (Å²) in [6.45, 7) is 2.29. The highest BCUT2D eigenvalue weighted by Crippen LogP contribution is 2.31. The fourth-order valence-corrected chi connectivity index (χ4v) is 3.36. The van der Waals surface area contributed by atoms with Crippen LogP contribution in [0.1, 0.15) is 18.4 Å². The van der Waals surface area contributed by atoms with E-state index >= 15 is 0 Å². The van der Waals surface area contributed by atoms with Crippen molar-refractivity contribution in [3.63, 3.8) is 0 Å². The first-order valence-electron chi connectivity index (χ1n) is 7.26. The minimum atomic E-state index is -0.423. The number of carbonyl (C=O) groups is 2. The van der Waals surface area contributed by atoms with Gasteiger partial charge in [0.25, 0.3) is 0 Å². The topological polar surface area (TPSA) is 75.2 Å². The van der Waals surface area contributed by atoms with Crippen LogP contribution < -0.4 is 10.2 Å². The van der Waals surface area contributed by atoms with Crippen molar-refractivity contribution in [2.75, 3.05) is 16.8 Å². The molecule has 1 fully saturated rings. The van der Waals surface area contributed by atoms with E-state index in [1.54, 1.807) is 23.1 Å². The second kappa shape index (κ2) is 6.64. The number of nitrogens with zero attached hydrogens (tertiary/aromatic N) is 3. The molecule has 1 aliphatic rings. The van der Waals surface area contributed by atoms with Crippen molar-refractivity contribution in [3.8, 4) is 0 Å². The van der Waals surface area contributed by atoms with Crippen molar-refractivity contribution in [1.29, 1.82) is 0 Å². The molecule has 1 unspecified atom stereocenters. The smallest absolute Gasteiger partial charge is 0.231 e. The molecule has 1 atom stereocenters. The normalized spacial score (nSPS) is 17.6. The predicted octanol–water partition coefficient (Wildman–Crippen LogP) is 2.75. The molecule has 6 nitrogen and oxygen atoms in total. The molecular weight excluding hydrogens is 336 g/mol. The van der Waals surface area contributed by atoms with Gasteiger partial charge in [0, 0.05) is 13.0 Å². The highest BCUT2D eigenvalue weighted by molar-refractivity contribution is 7.15. The first kappa shape index (κ1) is 15.9. The molecule has 3 rings (SSSR count). The Bertz CT molecular complexity index is 749. The fourth-order valence-electron chi connectivity index (χ4n) is 2.44. The van der Waals surface area contributed by atoms with Crippen LogP contribution in [0.5, 0.6) is 0 Å². The predicted molar refractivity (Wildman–Crippen MR) is 89.8 cm³/mol. The van der Waals surface area contributed by atoms with E-state index in [1.807, 2.05) is 13.0 Å². The van der Waals surface area contributed by atoms with Crippen LogP contribution in [0.2, 0.25) is 5.02 Å². The number of hydrogen-bond acceptors (Lipinski definition) is 5. The lowest BCUT2D eigenvalue weighted by Crippen LogP contribution is -2.28. The Morgan fingerprint density at radius 2 is 2.22 bits per heavy atom. The third-order valence-electron chi connectivity index (χ3n) is 3.64. The summed E-state index contributed by atoms with van der Waals surface area (Å²) >= 11 is 7.48. The maximum Gasteiger partial charge on any atom is 0.231 e. The fraction of sp³-hybridized carbons (Fsp3) is 0.333. The molecule has 2 amide bonds. The van der Waals surface area contributed by atoms with Gasteiger partial charge in [0.2, 0.25) is 16.9 Å². The van der Waals surface area contributed by atoms with Gasteiger partial charge >= 0.3 is 0 Å². The molecule has 1 saturated heterocycles. The lowest BCUT2D eigenvalue weighted by molar-refractivity contribution is -0.122. The van der Waals surface area contributed by atoms with E-state index < -0.39 is 5.92 Å². The molecule has 0 saturated carbocycles. The molecule has 1 aliphatic heterocycles. The SMILES string of the molecule is CCc1nnc(NC(=O)C2CC(=O)N(c3ccccc3Cl)C2)s1. The number of amides is 2. The number of hydrogen-bond donors (Lipinski definition) is 1. The maximum atomic E-state index is 12.3. The standard InChI is InChI=1S/C15H15ClN4O2S/c1-2-12-18-19-15(23-12)17-14(22)9-7-13(21)20(8-9)11-6-4-3-5-10(11)16/h3-6,9H,2,7-8H2,1H3,(H,17,19,22). The summed E-state index contributed by atoms with van der Waals surface area (Å²) < 4.78 is 0. The van der Waals surface area contributed by atoms with E-state index in [2.05, 4.69) is 15.5 Å². The van der Waals surface area contributed by atoms with Crippen LogP contribution in [-0.4, -0.2) is 28.6 Å². The minimum Gasteiger partial charge on any atom is -0.310 e. The number of halogens is 1. The number of anilines is 2. The quantitative estimate of drug-likeness (QED) is 0.920. The molecule has 0 bridgehead atoms. The average Bonchev–Trinajstić information content (AvgIpc) is 3.14.